The molecule has 0 aliphatic carbocycles. The van der Waals surface area contributed by atoms with Crippen molar-refractivity contribution in [2.24, 2.45) is 0 Å². The van der Waals surface area contributed by atoms with E-state index < -0.39 is 0 Å². The molecule has 0 fully saturated rings. The van der Waals surface area contributed by atoms with Gasteiger partial charge in [-0.1, -0.05) is 91.9 Å². The fraction of sp³-hybridized carbons (Fsp3) is 0.185. The quantitative estimate of drug-likeness (QED) is 0.463. The number of carbonyl (C=O) groups is 1. The molecule has 1 N–H and O–H groups in total. The molecule has 0 saturated heterocycles. The number of aromatic nitrogens is 2. The number of aryl methyl sites for hydroxylation is 1. The second kappa shape index (κ2) is 8.23. The van der Waals surface area contributed by atoms with Crippen LogP contribution >= 0.6 is 0 Å². The lowest BCUT2D eigenvalue weighted by atomic mass is 9.95. The zero-order valence-corrected chi connectivity index (χ0v) is 17.6. The Morgan fingerprint density at radius 1 is 0.871 bits per heavy atom. The summed E-state index contributed by atoms with van der Waals surface area (Å²) < 4.78 is 0. The van der Waals surface area contributed by atoms with Gasteiger partial charge >= 0.3 is 0 Å². The van der Waals surface area contributed by atoms with Gasteiger partial charge in [0.05, 0.1) is 11.7 Å². The lowest BCUT2D eigenvalue weighted by molar-refractivity contribution is 0.0746. The standard InChI is InChI=1S/C27H25N3O/c1-2-19-13-15-22(16-14-19)26-23-24(21-11-7-4-8-12-21)28-29-25(23)27(31)30(26)18-17-20-9-5-3-6-10-20/h3-16,26H,2,17-18H2,1H3,(H,28,29). The number of nitrogens with one attached hydrogen (secondary N) is 1. The van der Waals surface area contributed by atoms with E-state index >= 15 is 0 Å². The smallest absolute Gasteiger partial charge is 0.273 e. The first-order chi connectivity index (χ1) is 15.3. The number of benzene rings is 3. The minimum Gasteiger partial charge on any atom is -0.326 e. The van der Waals surface area contributed by atoms with Crippen LogP contribution in [-0.2, 0) is 12.8 Å². The Kier molecular flexibility index (Phi) is 5.13. The molecule has 1 aromatic heterocycles. The van der Waals surface area contributed by atoms with Crippen LogP contribution in [0.4, 0.5) is 0 Å². The van der Waals surface area contributed by atoms with Gasteiger partial charge in [0.2, 0.25) is 0 Å². The van der Waals surface area contributed by atoms with Crippen LogP contribution in [0.1, 0.15) is 45.7 Å². The Labute approximate surface area is 182 Å². The first-order valence-corrected chi connectivity index (χ1v) is 10.8. The second-order valence-corrected chi connectivity index (χ2v) is 7.96. The molecule has 1 aliphatic rings. The van der Waals surface area contributed by atoms with Crippen LogP contribution in [0, 0.1) is 0 Å². The Hall–Kier alpha value is -3.66. The minimum atomic E-state index is -0.147. The molecule has 4 nitrogen and oxygen atoms in total. The summed E-state index contributed by atoms with van der Waals surface area (Å²) in [6, 6.07) is 28.9. The van der Waals surface area contributed by atoms with Crippen molar-refractivity contribution in [2.75, 3.05) is 6.54 Å². The van der Waals surface area contributed by atoms with Crippen molar-refractivity contribution in [1.29, 1.82) is 0 Å². The van der Waals surface area contributed by atoms with Crippen LogP contribution in [0.25, 0.3) is 11.3 Å². The van der Waals surface area contributed by atoms with E-state index in [-0.39, 0.29) is 11.9 Å². The highest BCUT2D eigenvalue weighted by atomic mass is 16.2. The Morgan fingerprint density at radius 3 is 2.23 bits per heavy atom. The van der Waals surface area contributed by atoms with E-state index in [9.17, 15) is 4.79 Å². The summed E-state index contributed by atoms with van der Waals surface area (Å²) in [5.41, 5.74) is 7.11. The van der Waals surface area contributed by atoms with Crippen LogP contribution in [0.15, 0.2) is 84.9 Å². The number of nitrogens with zero attached hydrogens (tertiary/aromatic N) is 2. The molecule has 1 unspecified atom stereocenters. The van der Waals surface area contributed by atoms with Gasteiger partial charge < -0.3 is 4.90 Å². The molecule has 1 aliphatic heterocycles. The summed E-state index contributed by atoms with van der Waals surface area (Å²) in [6.45, 7) is 2.81. The number of H-pyrrole nitrogens is 1. The van der Waals surface area contributed by atoms with Crippen molar-refractivity contribution in [1.82, 2.24) is 15.1 Å². The van der Waals surface area contributed by atoms with Crippen molar-refractivity contribution in [2.45, 2.75) is 25.8 Å². The summed E-state index contributed by atoms with van der Waals surface area (Å²) >= 11 is 0. The molecule has 0 spiro atoms. The number of aromatic amines is 1. The van der Waals surface area contributed by atoms with Crippen molar-refractivity contribution < 1.29 is 4.79 Å². The molecule has 154 valence electrons. The monoisotopic (exact) mass is 407 g/mol. The van der Waals surface area contributed by atoms with Crippen LogP contribution in [-0.4, -0.2) is 27.5 Å². The topological polar surface area (TPSA) is 49.0 Å². The molecule has 1 amide bonds. The van der Waals surface area contributed by atoms with E-state index in [1.165, 1.54) is 11.1 Å². The van der Waals surface area contributed by atoms with Crippen LogP contribution in [0.5, 0.6) is 0 Å². The maximum Gasteiger partial charge on any atom is 0.273 e. The van der Waals surface area contributed by atoms with Crippen molar-refractivity contribution in [3.05, 3.63) is 113 Å². The van der Waals surface area contributed by atoms with Crippen molar-refractivity contribution >= 4 is 5.91 Å². The third-order valence-corrected chi connectivity index (χ3v) is 6.10. The molecule has 2 heterocycles. The van der Waals surface area contributed by atoms with E-state index in [1.54, 1.807) is 0 Å². The molecule has 0 saturated carbocycles. The van der Waals surface area contributed by atoms with E-state index in [1.807, 2.05) is 53.4 Å². The SMILES string of the molecule is CCc1ccc(C2c3c(-c4ccccc4)n[nH]c3C(=O)N2CCc2ccccc2)cc1. The number of carbonyl (C=O) groups excluding carboxylic acids is 1. The molecule has 4 aromatic rings. The minimum absolute atomic E-state index is 0.0187. The van der Waals surface area contributed by atoms with E-state index in [4.69, 9.17) is 0 Å². The van der Waals surface area contributed by atoms with Gasteiger partial charge in [-0.2, -0.15) is 5.10 Å². The predicted octanol–water partition coefficient (Wildman–Crippen LogP) is 5.43. The molecular weight excluding hydrogens is 382 g/mol. The first-order valence-electron chi connectivity index (χ1n) is 10.8. The molecule has 0 bridgehead atoms. The van der Waals surface area contributed by atoms with Gasteiger partial charge in [-0.3, -0.25) is 9.89 Å². The van der Waals surface area contributed by atoms with Gasteiger partial charge in [0, 0.05) is 17.7 Å². The summed E-state index contributed by atoms with van der Waals surface area (Å²) in [5.74, 6) is 0.0187. The average molecular weight is 408 g/mol. The molecular formula is C27H25N3O. The molecule has 0 radical (unpaired) electrons. The predicted molar refractivity (Wildman–Crippen MR) is 123 cm³/mol. The van der Waals surface area contributed by atoms with Gasteiger partial charge in [-0.15, -0.1) is 0 Å². The maximum atomic E-state index is 13.4. The lowest BCUT2D eigenvalue weighted by Crippen LogP contribution is -2.31. The first kappa shape index (κ1) is 19.3. The van der Waals surface area contributed by atoms with E-state index in [2.05, 4.69) is 53.5 Å². The number of amides is 1. The zero-order valence-electron chi connectivity index (χ0n) is 17.6. The van der Waals surface area contributed by atoms with Crippen molar-refractivity contribution in [3.8, 4) is 11.3 Å². The van der Waals surface area contributed by atoms with E-state index in [0.717, 1.165) is 35.2 Å². The van der Waals surface area contributed by atoms with Crippen molar-refractivity contribution in [3.63, 3.8) is 0 Å². The summed E-state index contributed by atoms with van der Waals surface area (Å²) in [4.78, 5) is 15.4. The van der Waals surface area contributed by atoms with Crippen LogP contribution in [0.2, 0.25) is 0 Å². The Bertz CT molecular complexity index is 1180. The highest BCUT2D eigenvalue weighted by Gasteiger charge is 2.41. The highest BCUT2D eigenvalue weighted by molar-refractivity contribution is 6.00. The number of hydrogen-bond donors (Lipinski definition) is 1. The fourth-order valence-corrected chi connectivity index (χ4v) is 4.42. The van der Waals surface area contributed by atoms with Gasteiger partial charge in [-0.25, -0.2) is 0 Å². The Balaban J connectivity index is 1.57. The molecule has 4 heteroatoms. The van der Waals surface area contributed by atoms with Crippen LogP contribution in [0.3, 0.4) is 0 Å². The molecule has 5 rings (SSSR count). The maximum absolute atomic E-state index is 13.4. The Morgan fingerprint density at radius 2 is 1.55 bits per heavy atom. The summed E-state index contributed by atoms with van der Waals surface area (Å²) in [7, 11) is 0. The van der Waals surface area contributed by atoms with E-state index in [0.29, 0.717) is 12.2 Å². The number of rotatable bonds is 6. The lowest BCUT2D eigenvalue weighted by Gasteiger charge is -2.26. The third kappa shape index (κ3) is 3.55. The number of hydrogen-bond acceptors (Lipinski definition) is 2. The fourth-order valence-electron chi connectivity index (χ4n) is 4.42. The molecule has 31 heavy (non-hydrogen) atoms. The van der Waals surface area contributed by atoms with Gasteiger partial charge in [0.25, 0.3) is 5.91 Å². The molecule has 1 atom stereocenters. The summed E-state index contributed by atoms with van der Waals surface area (Å²) in [5, 5.41) is 7.59. The second-order valence-electron chi connectivity index (χ2n) is 7.96. The third-order valence-electron chi connectivity index (χ3n) is 6.10. The highest BCUT2D eigenvalue weighted by Crippen LogP contribution is 2.42. The van der Waals surface area contributed by atoms with Gasteiger partial charge in [0.1, 0.15) is 5.69 Å². The number of fused-ring (bicyclic) bond motifs is 1. The van der Waals surface area contributed by atoms with Crippen LogP contribution < -0.4 is 0 Å². The normalized spacial score (nSPS) is 15.3. The average Bonchev–Trinajstić information content (AvgIpc) is 3.38. The van der Waals surface area contributed by atoms with Gasteiger partial charge in [0.15, 0.2) is 0 Å². The summed E-state index contributed by atoms with van der Waals surface area (Å²) in [6.07, 6.45) is 1.81. The largest absolute Gasteiger partial charge is 0.326 e. The zero-order chi connectivity index (χ0) is 21.2. The molecule has 3 aromatic carbocycles. The van der Waals surface area contributed by atoms with Gasteiger partial charge in [-0.05, 0) is 29.5 Å².